The zero-order valence-corrected chi connectivity index (χ0v) is 9.86. The number of ether oxygens (including phenoxy) is 1. The summed E-state index contributed by atoms with van der Waals surface area (Å²) in [4.78, 5) is 18.6. The van der Waals surface area contributed by atoms with E-state index in [4.69, 9.17) is 4.74 Å². The van der Waals surface area contributed by atoms with Crippen LogP contribution in [0.1, 0.15) is 13.8 Å². The molecule has 2 aromatic rings. The maximum Gasteiger partial charge on any atom is 0.328 e. The first-order valence-corrected chi connectivity index (χ1v) is 5.57. The van der Waals surface area contributed by atoms with Crippen molar-refractivity contribution >= 4 is 22.7 Å². The Bertz CT molecular complexity index is 521. The number of carbonyl (C=O) groups is 1. The van der Waals surface area contributed by atoms with E-state index in [2.05, 4.69) is 15.3 Å². The molecular weight excluding hydrogens is 218 g/mol. The van der Waals surface area contributed by atoms with Gasteiger partial charge in [0.2, 0.25) is 0 Å². The van der Waals surface area contributed by atoms with Gasteiger partial charge in [0.25, 0.3) is 0 Å². The van der Waals surface area contributed by atoms with Gasteiger partial charge in [-0.2, -0.15) is 0 Å². The first kappa shape index (κ1) is 11.4. The molecule has 0 aliphatic heterocycles. The molecule has 1 atom stereocenters. The Kier molecular flexibility index (Phi) is 3.27. The van der Waals surface area contributed by atoms with Gasteiger partial charge in [-0.15, -0.1) is 0 Å². The van der Waals surface area contributed by atoms with Crippen molar-refractivity contribution in [3.05, 3.63) is 24.5 Å². The highest BCUT2D eigenvalue weighted by Gasteiger charge is 2.13. The molecule has 0 saturated heterocycles. The summed E-state index contributed by atoms with van der Waals surface area (Å²) in [6, 6.07) is 5.33. The Balaban J connectivity index is 2.09. The molecule has 17 heavy (non-hydrogen) atoms. The molecular formula is C12H15N3O2. The first-order valence-electron chi connectivity index (χ1n) is 5.57. The number of fused-ring (bicyclic) bond motifs is 1. The third-order valence-electron chi connectivity index (χ3n) is 2.44. The van der Waals surface area contributed by atoms with Crippen LogP contribution in [-0.4, -0.2) is 28.6 Å². The van der Waals surface area contributed by atoms with Gasteiger partial charge in [0, 0.05) is 5.69 Å². The summed E-state index contributed by atoms with van der Waals surface area (Å²) in [6.07, 6.45) is 1.64. The van der Waals surface area contributed by atoms with E-state index in [0.717, 1.165) is 16.7 Å². The zero-order valence-electron chi connectivity index (χ0n) is 9.86. The monoisotopic (exact) mass is 233 g/mol. The molecule has 1 aromatic heterocycles. The molecule has 2 rings (SSSR count). The summed E-state index contributed by atoms with van der Waals surface area (Å²) >= 11 is 0. The third-order valence-corrected chi connectivity index (χ3v) is 2.44. The lowest BCUT2D eigenvalue weighted by molar-refractivity contribution is -0.143. The van der Waals surface area contributed by atoms with Crippen molar-refractivity contribution in [2.45, 2.75) is 19.9 Å². The quantitative estimate of drug-likeness (QED) is 0.792. The Labute approximate surface area is 99.2 Å². The van der Waals surface area contributed by atoms with Crippen LogP contribution in [0.4, 0.5) is 5.69 Å². The highest BCUT2D eigenvalue weighted by atomic mass is 16.5. The number of hydrogen-bond acceptors (Lipinski definition) is 4. The molecule has 0 spiro atoms. The predicted molar refractivity (Wildman–Crippen MR) is 65.8 cm³/mol. The van der Waals surface area contributed by atoms with Gasteiger partial charge in [0.15, 0.2) is 0 Å². The van der Waals surface area contributed by atoms with E-state index in [1.165, 1.54) is 0 Å². The second kappa shape index (κ2) is 4.86. The fourth-order valence-electron chi connectivity index (χ4n) is 1.60. The summed E-state index contributed by atoms with van der Waals surface area (Å²) in [7, 11) is 0. The molecule has 1 unspecified atom stereocenters. The normalized spacial score (nSPS) is 12.4. The van der Waals surface area contributed by atoms with Gasteiger partial charge in [0.05, 0.1) is 24.0 Å². The van der Waals surface area contributed by atoms with E-state index in [1.807, 2.05) is 18.2 Å². The Morgan fingerprint density at radius 2 is 2.41 bits per heavy atom. The van der Waals surface area contributed by atoms with Crippen LogP contribution < -0.4 is 5.32 Å². The van der Waals surface area contributed by atoms with Crippen LogP contribution in [0.3, 0.4) is 0 Å². The number of aromatic nitrogens is 2. The minimum absolute atomic E-state index is 0.253. The topological polar surface area (TPSA) is 67.0 Å². The van der Waals surface area contributed by atoms with Crippen molar-refractivity contribution in [2.75, 3.05) is 11.9 Å². The second-order valence-electron chi connectivity index (χ2n) is 3.75. The minimum Gasteiger partial charge on any atom is -0.464 e. The fraction of sp³-hybridized carbons (Fsp3) is 0.333. The molecule has 0 aliphatic carbocycles. The number of nitrogens with one attached hydrogen (secondary N) is 2. The van der Waals surface area contributed by atoms with Crippen molar-refractivity contribution in [1.82, 2.24) is 9.97 Å². The minimum atomic E-state index is -0.365. The summed E-state index contributed by atoms with van der Waals surface area (Å²) < 4.78 is 4.93. The van der Waals surface area contributed by atoms with Gasteiger partial charge in [-0.3, -0.25) is 0 Å². The number of nitrogens with zero attached hydrogens (tertiary/aromatic N) is 1. The van der Waals surface area contributed by atoms with Gasteiger partial charge >= 0.3 is 5.97 Å². The first-order chi connectivity index (χ1) is 8.20. The van der Waals surface area contributed by atoms with Gasteiger partial charge in [-0.25, -0.2) is 9.78 Å². The number of aromatic amines is 1. The highest BCUT2D eigenvalue weighted by molar-refractivity contribution is 5.82. The lowest BCUT2D eigenvalue weighted by Gasteiger charge is -2.13. The van der Waals surface area contributed by atoms with Crippen molar-refractivity contribution < 1.29 is 9.53 Å². The van der Waals surface area contributed by atoms with E-state index >= 15 is 0 Å². The van der Waals surface area contributed by atoms with Crippen LogP contribution >= 0.6 is 0 Å². The van der Waals surface area contributed by atoms with Gasteiger partial charge in [-0.05, 0) is 32.0 Å². The molecule has 2 N–H and O–H groups in total. The molecule has 0 amide bonds. The molecule has 90 valence electrons. The van der Waals surface area contributed by atoms with Crippen LogP contribution in [0.25, 0.3) is 11.0 Å². The molecule has 0 fully saturated rings. The molecule has 0 saturated carbocycles. The average molecular weight is 233 g/mol. The molecule has 1 heterocycles. The van der Waals surface area contributed by atoms with Crippen LogP contribution in [0, 0.1) is 0 Å². The molecule has 0 radical (unpaired) electrons. The SMILES string of the molecule is CCOC(=O)C(C)Nc1ccc2nc[nH]c2c1. The maximum absolute atomic E-state index is 11.5. The number of carbonyl (C=O) groups excluding carboxylic acids is 1. The predicted octanol–water partition coefficient (Wildman–Crippen LogP) is 1.93. The molecule has 1 aromatic carbocycles. The van der Waals surface area contributed by atoms with Crippen LogP contribution in [-0.2, 0) is 9.53 Å². The smallest absolute Gasteiger partial charge is 0.328 e. The number of imidazole rings is 1. The number of esters is 1. The van der Waals surface area contributed by atoms with Gasteiger partial charge < -0.3 is 15.0 Å². The molecule has 0 bridgehead atoms. The standard InChI is InChI=1S/C12H15N3O2/c1-3-17-12(16)8(2)15-9-4-5-10-11(6-9)14-7-13-10/h4-8,15H,3H2,1-2H3,(H,13,14). The largest absolute Gasteiger partial charge is 0.464 e. The summed E-state index contributed by atoms with van der Waals surface area (Å²) in [6.45, 7) is 3.96. The van der Waals surface area contributed by atoms with Crippen LogP contribution in [0.15, 0.2) is 24.5 Å². The number of anilines is 1. The lowest BCUT2D eigenvalue weighted by Crippen LogP contribution is -2.28. The number of H-pyrrole nitrogens is 1. The Hall–Kier alpha value is -2.04. The van der Waals surface area contributed by atoms with Gasteiger partial charge in [-0.1, -0.05) is 0 Å². The second-order valence-corrected chi connectivity index (χ2v) is 3.75. The molecule has 5 heteroatoms. The van der Waals surface area contributed by atoms with Crippen LogP contribution in [0.2, 0.25) is 0 Å². The van der Waals surface area contributed by atoms with Crippen molar-refractivity contribution in [2.24, 2.45) is 0 Å². The van der Waals surface area contributed by atoms with Crippen molar-refractivity contribution in [1.29, 1.82) is 0 Å². The van der Waals surface area contributed by atoms with E-state index < -0.39 is 0 Å². The Morgan fingerprint density at radius 3 is 3.18 bits per heavy atom. The Morgan fingerprint density at radius 1 is 1.59 bits per heavy atom. The van der Waals surface area contributed by atoms with E-state index in [1.54, 1.807) is 20.2 Å². The lowest BCUT2D eigenvalue weighted by atomic mass is 10.2. The van der Waals surface area contributed by atoms with Crippen LogP contribution in [0.5, 0.6) is 0 Å². The highest BCUT2D eigenvalue weighted by Crippen LogP contribution is 2.16. The van der Waals surface area contributed by atoms with E-state index in [-0.39, 0.29) is 12.0 Å². The van der Waals surface area contributed by atoms with Gasteiger partial charge in [0.1, 0.15) is 6.04 Å². The summed E-state index contributed by atoms with van der Waals surface area (Å²) in [5.74, 6) is -0.253. The zero-order chi connectivity index (χ0) is 12.3. The van der Waals surface area contributed by atoms with Crippen molar-refractivity contribution in [3.63, 3.8) is 0 Å². The molecule has 0 aliphatic rings. The van der Waals surface area contributed by atoms with Crippen molar-refractivity contribution in [3.8, 4) is 0 Å². The summed E-state index contributed by atoms with van der Waals surface area (Å²) in [5.41, 5.74) is 2.70. The maximum atomic E-state index is 11.5. The average Bonchev–Trinajstić information content (AvgIpc) is 2.76. The fourth-order valence-corrected chi connectivity index (χ4v) is 1.60. The number of benzene rings is 1. The summed E-state index contributed by atoms with van der Waals surface area (Å²) in [5, 5.41) is 3.09. The third kappa shape index (κ3) is 2.55. The van der Waals surface area contributed by atoms with E-state index in [0.29, 0.717) is 6.61 Å². The number of rotatable bonds is 4. The number of hydrogen-bond donors (Lipinski definition) is 2. The van der Waals surface area contributed by atoms with E-state index in [9.17, 15) is 4.79 Å². The molecule has 5 nitrogen and oxygen atoms in total.